The molecule has 0 aliphatic carbocycles. The van der Waals surface area contributed by atoms with Gasteiger partial charge in [-0.05, 0) is 74.0 Å². The Bertz CT molecular complexity index is 2510. The summed E-state index contributed by atoms with van der Waals surface area (Å²) in [6.07, 6.45) is 0. The molecule has 0 amide bonds. The molecule has 0 radical (unpaired) electrons. The number of rotatable bonds is 11. The van der Waals surface area contributed by atoms with Crippen molar-refractivity contribution >= 4 is 87.4 Å². The number of carbonyl (C=O) groups is 4. The van der Waals surface area contributed by atoms with Gasteiger partial charge in [-0.3, -0.25) is 13.9 Å². The molecule has 6 rings (SSSR count). The topological polar surface area (TPSA) is 322 Å². The van der Waals surface area contributed by atoms with Crippen molar-refractivity contribution in [2.24, 2.45) is 0 Å². The number of benzene rings is 5. The zero-order chi connectivity index (χ0) is 43.0. The van der Waals surface area contributed by atoms with E-state index in [0.717, 1.165) is 15.8 Å². The normalized spacial score (nSPS) is 10.1. The van der Waals surface area contributed by atoms with Gasteiger partial charge in [-0.15, -0.1) is 11.3 Å². The van der Waals surface area contributed by atoms with Crippen LogP contribution in [0.4, 0.5) is 0 Å². The van der Waals surface area contributed by atoms with Crippen LogP contribution in [0.15, 0.2) is 124 Å². The summed E-state index contributed by atoms with van der Waals surface area (Å²) < 4.78 is 43.4. The predicted molar refractivity (Wildman–Crippen MR) is 228 cm³/mol. The Morgan fingerprint density at radius 1 is 0.633 bits per heavy atom. The van der Waals surface area contributed by atoms with E-state index in [1.807, 2.05) is 44.2 Å². The quantitative estimate of drug-likeness (QED) is 0.0477. The highest BCUT2D eigenvalue weighted by molar-refractivity contribution is 8.76. The van der Waals surface area contributed by atoms with Crippen LogP contribution in [0, 0.1) is 13.8 Å². The van der Waals surface area contributed by atoms with Gasteiger partial charge in [0.25, 0.3) is 0 Å². The van der Waals surface area contributed by atoms with Crippen LogP contribution in [0.3, 0.4) is 0 Å². The molecule has 320 valence electrons. The van der Waals surface area contributed by atoms with E-state index in [-0.39, 0.29) is 34.1 Å². The number of ether oxygens (including phenoxy) is 2. The van der Waals surface area contributed by atoms with Gasteiger partial charge >= 0.3 is 34.3 Å². The van der Waals surface area contributed by atoms with Crippen LogP contribution in [0.25, 0.3) is 20.2 Å². The fourth-order valence-electron chi connectivity index (χ4n) is 4.59. The lowest BCUT2D eigenvalue weighted by Gasteiger charge is -2.09. The Morgan fingerprint density at radius 2 is 1.08 bits per heavy atom. The monoisotopic (exact) mass is 906 g/mol. The maximum atomic E-state index is 12.6. The highest BCUT2D eigenvalue weighted by Gasteiger charge is 2.15. The summed E-state index contributed by atoms with van der Waals surface area (Å²) in [5.41, 5.74) is 2.35. The molecule has 21 heteroatoms. The predicted octanol–water partition coefficient (Wildman–Crippen LogP) is 6.23. The Hall–Kier alpha value is -6.04. The van der Waals surface area contributed by atoms with E-state index < -0.39 is 40.9 Å². The van der Waals surface area contributed by atoms with Gasteiger partial charge in [0.15, 0.2) is 18.6 Å². The summed E-state index contributed by atoms with van der Waals surface area (Å²) >= 11 is 1.44. The average Bonchev–Trinajstić information content (AvgIpc) is 3.16. The fraction of sp³-hybridized carbons (Fsp3) is 0.103. The molecule has 0 spiro atoms. The molecule has 0 bridgehead atoms. The van der Waals surface area contributed by atoms with E-state index in [1.54, 1.807) is 66.7 Å². The standard InChI is InChI=1S/C16H12O4S.C14H10O4S2.C9H10O3.H2O4S.2H2O/c1-9-6-7-11(20-8-13(17)18)16-14(9)15(19)10-4-2-3-5-12(10)21-16;15-13(16)9-5-1-3-7-11(9)19-20-12-8-4-2-6-10(12)14(17)18;1-7-2-4-8(5-3-7)12-6-9(10)11;1-5(2,3)4;;/h2-7H,8H2,1H3,(H,17,18);1-8H,(H,15,16)(H,17,18);2-5H,6H2,1H3,(H,10,11);(H2,1,2,3,4);2*1H2. The van der Waals surface area contributed by atoms with Gasteiger partial charge in [-0.1, -0.05) is 81.7 Å². The number of carboxylic acid groups (broad SMARTS) is 4. The van der Waals surface area contributed by atoms with Gasteiger partial charge in [0.05, 0.1) is 15.8 Å². The second-order valence-electron chi connectivity index (χ2n) is 11.4. The zero-order valence-corrected chi connectivity index (χ0v) is 34.6. The molecule has 0 unspecified atom stereocenters. The molecule has 17 nitrogen and oxygen atoms in total. The van der Waals surface area contributed by atoms with Gasteiger partial charge < -0.3 is 40.9 Å². The van der Waals surface area contributed by atoms with Crippen molar-refractivity contribution in [1.82, 2.24) is 0 Å². The number of aromatic carboxylic acids is 2. The van der Waals surface area contributed by atoms with Crippen molar-refractivity contribution in [3.8, 4) is 11.5 Å². The van der Waals surface area contributed by atoms with Crippen molar-refractivity contribution in [3.05, 3.63) is 142 Å². The maximum Gasteiger partial charge on any atom is 0.394 e. The summed E-state index contributed by atoms with van der Waals surface area (Å²) in [5.74, 6) is -2.98. The van der Waals surface area contributed by atoms with Crippen LogP contribution in [0.1, 0.15) is 31.8 Å². The molecule has 0 atom stereocenters. The lowest BCUT2D eigenvalue weighted by molar-refractivity contribution is -0.140. The Balaban J connectivity index is 0.000000431. The molecule has 1 aromatic heterocycles. The van der Waals surface area contributed by atoms with E-state index in [9.17, 15) is 24.0 Å². The van der Waals surface area contributed by atoms with Crippen molar-refractivity contribution in [2.75, 3.05) is 13.2 Å². The molecule has 0 fully saturated rings. The second-order valence-corrected chi connectivity index (χ2v) is 15.6. The molecule has 5 aromatic carbocycles. The lowest BCUT2D eigenvalue weighted by atomic mass is 10.1. The number of aryl methyl sites for hydroxylation is 2. The fourth-order valence-corrected chi connectivity index (χ4v) is 8.16. The highest BCUT2D eigenvalue weighted by atomic mass is 33.1. The molecule has 6 aromatic rings. The second kappa shape index (κ2) is 24.8. The van der Waals surface area contributed by atoms with Gasteiger partial charge in [-0.25, -0.2) is 19.2 Å². The number of aliphatic carboxylic acids is 2. The third-order valence-electron chi connectivity index (χ3n) is 7.09. The minimum atomic E-state index is -4.67. The van der Waals surface area contributed by atoms with E-state index in [1.165, 1.54) is 45.1 Å². The Kier molecular flexibility index (Phi) is 21.5. The van der Waals surface area contributed by atoms with Crippen LogP contribution in [-0.2, 0) is 20.0 Å². The van der Waals surface area contributed by atoms with Crippen LogP contribution in [0.2, 0.25) is 0 Å². The van der Waals surface area contributed by atoms with Gasteiger partial charge in [-0.2, -0.15) is 8.42 Å². The molecule has 0 aliphatic rings. The average molecular weight is 907 g/mol. The molecule has 1 heterocycles. The molecule has 0 aliphatic heterocycles. The van der Waals surface area contributed by atoms with Crippen LogP contribution >= 0.6 is 32.9 Å². The largest absolute Gasteiger partial charge is 0.482 e. The van der Waals surface area contributed by atoms with Crippen molar-refractivity contribution in [3.63, 3.8) is 0 Å². The summed E-state index contributed by atoms with van der Waals surface area (Å²) in [6, 6.07) is 31.4. The third-order valence-corrected chi connectivity index (χ3v) is 10.8. The Labute approximate surface area is 353 Å². The van der Waals surface area contributed by atoms with Crippen LogP contribution in [-0.4, -0.2) is 86.0 Å². The first-order chi connectivity index (χ1) is 27.3. The SMILES string of the molecule is Cc1ccc(OCC(=O)O)c2sc3ccccc3c(=O)c12.Cc1ccc(OCC(=O)O)cc1.O.O.O=C(O)c1ccccc1SSc1ccccc1C(=O)O.O=S(=O)(O)O. The van der Waals surface area contributed by atoms with E-state index in [2.05, 4.69) is 0 Å². The molecule has 0 saturated carbocycles. The number of hydrogen-bond acceptors (Lipinski definition) is 12. The summed E-state index contributed by atoms with van der Waals surface area (Å²) in [5, 5.41) is 36.5. The molecular formula is C39H38O17S4. The highest BCUT2D eigenvalue weighted by Crippen LogP contribution is 2.40. The molecule has 0 saturated heterocycles. The number of hydrogen-bond donors (Lipinski definition) is 6. The van der Waals surface area contributed by atoms with Gasteiger partial charge in [0.2, 0.25) is 0 Å². The first-order valence-electron chi connectivity index (χ1n) is 16.3. The van der Waals surface area contributed by atoms with Crippen molar-refractivity contribution in [1.29, 1.82) is 0 Å². The zero-order valence-electron chi connectivity index (χ0n) is 31.3. The van der Waals surface area contributed by atoms with Gasteiger partial charge in [0, 0.05) is 25.3 Å². The maximum absolute atomic E-state index is 12.6. The van der Waals surface area contributed by atoms with Crippen molar-refractivity contribution in [2.45, 2.75) is 23.6 Å². The summed E-state index contributed by atoms with van der Waals surface area (Å²) in [7, 11) is -2.20. The first kappa shape index (κ1) is 52.0. The first-order valence-corrected chi connectivity index (χ1v) is 20.6. The Morgan fingerprint density at radius 3 is 1.57 bits per heavy atom. The van der Waals surface area contributed by atoms with Gasteiger partial charge in [0.1, 0.15) is 11.5 Å². The summed E-state index contributed by atoms with van der Waals surface area (Å²) in [6.45, 7) is 3.11. The molecule has 10 N–H and O–H groups in total. The van der Waals surface area contributed by atoms with Crippen LogP contribution in [0.5, 0.6) is 11.5 Å². The third kappa shape index (κ3) is 17.1. The minimum absolute atomic E-state index is 0. The van der Waals surface area contributed by atoms with Crippen LogP contribution < -0.4 is 14.9 Å². The molecular weight excluding hydrogens is 869 g/mol. The number of fused-ring (bicyclic) bond motifs is 2. The van der Waals surface area contributed by atoms with Crippen molar-refractivity contribution < 1.29 is 77.6 Å². The summed E-state index contributed by atoms with van der Waals surface area (Å²) in [4.78, 5) is 56.8. The number of carboxylic acids is 4. The smallest absolute Gasteiger partial charge is 0.394 e. The minimum Gasteiger partial charge on any atom is -0.482 e. The lowest BCUT2D eigenvalue weighted by Crippen LogP contribution is -2.10. The van der Waals surface area contributed by atoms with E-state index in [4.69, 9.17) is 47.4 Å². The van der Waals surface area contributed by atoms with E-state index >= 15 is 0 Å². The van der Waals surface area contributed by atoms with E-state index in [0.29, 0.717) is 36.8 Å². The molecule has 60 heavy (non-hydrogen) atoms.